The molecule has 0 saturated heterocycles. The summed E-state index contributed by atoms with van der Waals surface area (Å²) in [6, 6.07) is 0. The molecule has 0 aliphatic carbocycles. The van der Waals surface area contributed by atoms with Crippen LogP contribution in [0.3, 0.4) is 0 Å². The van der Waals surface area contributed by atoms with Gasteiger partial charge in [0.15, 0.2) is 0 Å². The van der Waals surface area contributed by atoms with Gasteiger partial charge in [-0.2, -0.15) is 0 Å². The lowest BCUT2D eigenvalue weighted by Crippen LogP contribution is -1.95. The van der Waals surface area contributed by atoms with Gasteiger partial charge in [0.2, 0.25) is 0 Å². The van der Waals surface area contributed by atoms with Gasteiger partial charge in [-0.1, -0.05) is 19.0 Å². The van der Waals surface area contributed by atoms with Gasteiger partial charge in [-0.25, -0.2) is 0 Å². The molecule has 0 atom stereocenters. The third-order valence-corrected chi connectivity index (χ3v) is 0.482. The van der Waals surface area contributed by atoms with Crippen molar-refractivity contribution in [1.29, 1.82) is 0 Å². The van der Waals surface area contributed by atoms with Crippen LogP contribution in [0, 0.1) is 5.92 Å². The van der Waals surface area contributed by atoms with Gasteiger partial charge in [0.05, 0.1) is 6.72 Å². The summed E-state index contributed by atoms with van der Waals surface area (Å²) in [5, 5.41) is 2.98. The molecule has 0 aliphatic rings. The van der Waals surface area contributed by atoms with Crippen molar-refractivity contribution in [2.45, 2.75) is 13.8 Å². The predicted octanol–water partition coefficient (Wildman–Crippen LogP) is 1.15. The van der Waals surface area contributed by atoms with E-state index >= 15 is 0 Å². The Morgan fingerprint density at radius 3 is 2.43 bits per heavy atom. The monoisotopic (exact) mass is 100 g/mol. The van der Waals surface area contributed by atoms with Gasteiger partial charge in [0.25, 0.3) is 0 Å². The summed E-state index contributed by atoms with van der Waals surface area (Å²) in [6.07, 6.45) is 0. The second-order valence-electron chi connectivity index (χ2n) is 1.80. The highest BCUT2D eigenvalue weighted by Crippen LogP contribution is 1.90. The molecule has 0 amide bonds. The smallest absolute Gasteiger partial charge is 0.119 e. The lowest BCUT2D eigenvalue weighted by molar-refractivity contribution is 0.121. The lowest BCUT2D eigenvalue weighted by Gasteiger charge is -1.98. The highest BCUT2D eigenvalue weighted by Gasteiger charge is 1.88. The number of hydrogen-bond acceptors (Lipinski definition) is 2. The molecule has 2 nitrogen and oxygen atoms in total. The van der Waals surface area contributed by atoms with Crippen molar-refractivity contribution >= 4 is 6.72 Å². The maximum Gasteiger partial charge on any atom is 0.119 e. The van der Waals surface area contributed by atoms with Crippen LogP contribution in [0.15, 0.2) is 5.16 Å². The first-order valence-corrected chi connectivity index (χ1v) is 2.29. The van der Waals surface area contributed by atoms with E-state index in [0.29, 0.717) is 12.5 Å². The average molecular weight is 100 g/mol. The Morgan fingerprint density at radius 1 is 1.71 bits per heavy atom. The van der Waals surface area contributed by atoms with Gasteiger partial charge in [-0.15, -0.1) is 0 Å². The molecule has 7 heavy (non-hydrogen) atoms. The van der Waals surface area contributed by atoms with E-state index in [-0.39, 0.29) is 0 Å². The summed E-state index contributed by atoms with van der Waals surface area (Å²) in [5.74, 6) is 0.507. The Hall–Kier alpha value is -0.530. The second kappa shape index (κ2) is 3.65. The summed E-state index contributed by atoms with van der Waals surface area (Å²) < 4.78 is 0. The van der Waals surface area contributed by atoms with E-state index < -0.39 is 0 Å². The van der Waals surface area contributed by atoms with Gasteiger partial charge in [0, 0.05) is 0 Å². The molecule has 2 heteroatoms. The average Bonchev–Trinajstić information content (AvgIpc) is 1.61. The fourth-order valence-electron chi connectivity index (χ4n) is 0.192. The Morgan fingerprint density at radius 2 is 2.29 bits per heavy atom. The summed E-state index contributed by atoms with van der Waals surface area (Å²) in [7, 11) is 0. The fourth-order valence-corrected chi connectivity index (χ4v) is 0.192. The third kappa shape index (κ3) is 5.47. The van der Waals surface area contributed by atoms with Crippen molar-refractivity contribution in [3.8, 4) is 0 Å². The minimum absolute atomic E-state index is 0.507. The molecule has 0 rings (SSSR count). The molecule has 0 aliphatic heterocycles. The van der Waals surface area contributed by atoms with E-state index in [9.17, 15) is 0 Å². The summed E-state index contributed by atoms with van der Waals surface area (Å²) in [6.45, 7) is 9.35. The SMILES string of the molecule is [CH]=NOCC(C)C. The Balaban J connectivity index is 2.81. The van der Waals surface area contributed by atoms with Crippen molar-refractivity contribution in [3.63, 3.8) is 0 Å². The molecule has 0 bridgehead atoms. The standard InChI is InChI=1S/C5H10NO/c1-5(2)4-7-6-3/h3,5H,4H2,1-2H3. The fraction of sp³-hybridized carbons (Fsp3) is 0.800. The van der Waals surface area contributed by atoms with Gasteiger partial charge in [-0.05, 0) is 5.92 Å². The van der Waals surface area contributed by atoms with Crippen LogP contribution in [-0.4, -0.2) is 13.3 Å². The molecule has 0 aromatic heterocycles. The van der Waals surface area contributed by atoms with Crippen molar-refractivity contribution in [1.82, 2.24) is 0 Å². The quantitative estimate of drug-likeness (QED) is 0.385. The van der Waals surface area contributed by atoms with Crippen molar-refractivity contribution in [3.05, 3.63) is 0 Å². The maximum absolute atomic E-state index is 4.68. The van der Waals surface area contributed by atoms with Crippen LogP contribution in [0.1, 0.15) is 13.8 Å². The minimum atomic E-state index is 0.507. The topological polar surface area (TPSA) is 21.6 Å². The van der Waals surface area contributed by atoms with Crippen LogP contribution < -0.4 is 0 Å². The first-order valence-electron chi connectivity index (χ1n) is 2.29. The molecule has 0 N–H and O–H groups in total. The van der Waals surface area contributed by atoms with Crippen LogP contribution in [0.5, 0.6) is 0 Å². The molecule has 0 spiro atoms. The van der Waals surface area contributed by atoms with Gasteiger partial charge < -0.3 is 4.84 Å². The van der Waals surface area contributed by atoms with Crippen LogP contribution in [0.25, 0.3) is 0 Å². The third-order valence-electron chi connectivity index (χ3n) is 0.482. The molecule has 0 saturated carbocycles. The predicted molar refractivity (Wildman–Crippen MR) is 29.3 cm³/mol. The molecule has 0 heterocycles. The molecule has 41 valence electrons. The van der Waals surface area contributed by atoms with Crippen LogP contribution >= 0.6 is 0 Å². The highest BCUT2D eigenvalue weighted by atomic mass is 16.6. The summed E-state index contributed by atoms with van der Waals surface area (Å²) >= 11 is 0. The molecule has 1 radical (unpaired) electrons. The van der Waals surface area contributed by atoms with Crippen molar-refractivity contribution < 1.29 is 4.84 Å². The van der Waals surface area contributed by atoms with Crippen LogP contribution in [0.2, 0.25) is 0 Å². The second-order valence-corrected chi connectivity index (χ2v) is 1.80. The zero-order valence-corrected chi connectivity index (χ0v) is 4.72. The zero-order valence-electron chi connectivity index (χ0n) is 4.72. The molecule has 0 aromatic carbocycles. The number of nitrogens with zero attached hydrogens (tertiary/aromatic N) is 1. The Kier molecular flexibility index (Phi) is 3.38. The van der Waals surface area contributed by atoms with E-state index in [4.69, 9.17) is 0 Å². The summed E-state index contributed by atoms with van der Waals surface area (Å²) in [4.78, 5) is 4.50. The highest BCUT2D eigenvalue weighted by molar-refractivity contribution is 5.21. The normalized spacial score (nSPS) is 9.00. The lowest BCUT2D eigenvalue weighted by atomic mass is 10.2. The van der Waals surface area contributed by atoms with E-state index in [2.05, 4.69) is 16.7 Å². The largest absolute Gasteiger partial charge is 0.396 e. The van der Waals surface area contributed by atoms with E-state index in [0.717, 1.165) is 0 Å². The van der Waals surface area contributed by atoms with Gasteiger partial charge in [-0.3, -0.25) is 0 Å². The van der Waals surface area contributed by atoms with E-state index in [1.165, 1.54) is 0 Å². The van der Waals surface area contributed by atoms with Crippen LogP contribution in [-0.2, 0) is 4.84 Å². The maximum atomic E-state index is 4.68. The molecular weight excluding hydrogens is 90.1 g/mol. The number of rotatable bonds is 3. The van der Waals surface area contributed by atoms with Gasteiger partial charge in [0.1, 0.15) is 6.61 Å². The molecule has 0 fully saturated rings. The molecule has 0 aromatic rings. The summed E-state index contributed by atoms with van der Waals surface area (Å²) in [5.41, 5.74) is 0. The van der Waals surface area contributed by atoms with Crippen molar-refractivity contribution in [2.24, 2.45) is 11.1 Å². The van der Waals surface area contributed by atoms with E-state index in [1.54, 1.807) is 0 Å². The first-order chi connectivity index (χ1) is 3.27. The minimum Gasteiger partial charge on any atom is -0.396 e. The zero-order chi connectivity index (χ0) is 5.70. The van der Waals surface area contributed by atoms with Crippen molar-refractivity contribution in [2.75, 3.05) is 6.61 Å². The Labute approximate surface area is 44.2 Å². The van der Waals surface area contributed by atoms with Crippen LogP contribution in [0.4, 0.5) is 0 Å². The number of hydrogen-bond donors (Lipinski definition) is 0. The first kappa shape index (κ1) is 6.47. The molecular formula is C5H10NO. The van der Waals surface area contributed by atoms with E-state index in [1.807, 2.05) is 13.8 Å². The van der Waals surface area contributed by atoms with Gasteiger partial charge >= 0.3 is 0 Å². The Bertz CT molecular complexity index is 52.0. The molecule has 0 unspecified atom stereocenters.